The van der Waals surface area contributed by atoms with E-state index in [1.165, 1.54) is 0 Å². The number of rotatable bonds is 2. The molecule has 0 unspecified atom stereocenters. The zero-order chi connectivity index (χ0) is 7.56. The third kappa shape index (κ3) is 1.19. The van der Waals surface area contributed by atoms with Crippen molar-refractivity contribution in [1.29, 1.82) is 0 Å². The van der Waals surface area contributed by atoms with Gasteiger partial charge in [0.15, 0.2) is 0 Å². The van der Waals surface area contributed by atoms with Crippen molar-refractivity contribution in [2.75, 3.05) is 0 Å². The van der Waals surface area contributed by atoms with E-state index in [1.54, 1.807) is 6.20 Å². The van der Waals surface area contributed by atoms with E-state index >= 15 is 0 Å². The Morgan fingerprint density at radius 1 is 1.70 bits per heavy atom. The quantitative estimate of drug-likeness (QED) is 0.709. The molecule has 1 rings (SSSR count). The van der Waals surface area contributed by atoms with E-state index in [-0.39, 0.29) is 0 Å². The lowest BCUT2D eigenvalue weighted by molar-refractivity contribution is 1.35. The standard InChI is InChI=1S/C7H7BrN2/c1-5(8)6-3-4-10-7(6)9-2/h3-4,10H,1-2H2. The van der Waals surface area contributed by atoms with E-state index in [0.717, 1.165) is 15.9 Å². The van der Waals surface area contributed by atoms with E-state index in [9.17, 15) is 0 Å². The van der Waals surface area contributed by atoms with Gasteiger partial charge >= 0.3 is 0 Å². The van der Waals surface area contributed by atoms with Crippen LogP contribution >= 0.6 is 15.9 Å². The first-order valence-corrected chi connectivity index (χ1v) is 3.54. The van der Waals surface area contributed by atoms with Crippen molar-refractivity contribution in [3.63, 3.8) is 0 Å². The zero-order valence-electron chi connectivity index (χ0n) is 5.39. The Hall–Kier alpha value is -0.830. The molecule has 2 nitrogen and oxygen atoms in total. The Balaban J connectivity index is 3.13. The largest absolute Gasteiger partial charge is 0.346 e. The Morgan fingerprint density at radius 3 is 2.80 bits per heavy atom. The fourth-order valence-corrected chi connectivity index (χ4v) is 1.03. The molecule has 0 aliphatic carbocycles. The van der Waals surface area contributed by atoms with Crippen LogP contribution in [0.1, 0.15) is 5.56 Å². The number of hydrogen-bond donors (Lipinski definition) is 1. The second-order valence-corrected chi connectivity index (χ2v) is 2.76. The molecule has 0 saturated carbocycles. The number of H-pyrrole nitrogens is 1. The SMILES string of the molecule is C=Nc1[nH]ccc1C(=C)Br. The van der Waals surface area contributed by atoms with Gasteiger partial charge in [-0.1, -0.05) is 22.5 Å². The maximum Gasteiger partial charge on any atom is 0.137 e. The zero-order valence-corrected chi connectivity index (χ0v) is 6.98. The summed E-state index contributed by atoms with van der Waals surface area (Å²) in [7, 11) is 0. The molecule has 0 fully saturated rings. The number of aromatic nitrogens is 1. The molecule has 0 bridgehead atoms. The molecule has 0 radical (unpaired) electrons. The van der Waals surface area contributed by atoms with Crippen LogP contribution in [0.2, 0.25) is 0 Å². The fraction of sp³-hybridized carbons (Fsp3) is 0. The highest BCUT2D eigenvalue weighted by molar-refractivity contribution is 9.15. The number of aromatic amines is 1. The van der Waals surface area contributed by atoms with Gasteiger partial charge in [0, 0.05) is 16.2 Å². The highest BCUT2D eigenvalue weighted by Gasteiger charge is 2.01. The summed E-state index contributed by atoms with van der Waals surface area (Å²) in [6.07, 6.45) is 1.80. The van der Waals surface area contributed by atoms with Gasteiger partial charge in [-0.15, -0.1) is 0 Å². The van der Waals surface area contributed by atoms with E-state index in [4.69, 9.17) is 0 Å². The summed E-state index contributed by atoms with van der Waals surface area (Å²) in [5, 5.41) is 0. The second kappa shape index (κ2) is 2.84. The summed E-state index contributed by atoms with van der Waals surface area (Å²) >= 11 is 3.25. The van der Waals surface area contributed by atoms with Crippen molar-refractivity contribution in [3.05, 3.63) is 24.4 Å². The van der Waals surface area contributed by atoms with Crippen LogP contribution in [0.15, 0.2) is 23.8 Å². The molecule has 1 aromatic rings. The Kier molecular flexibility index (Phi) is 2.06. The van der Waals surface area contributed by atoms with Gasteiger partial charge in [-0.3, -0.25) is 0 Å². The molecular formula is C7H7BrN2. The lowest BCUT2D eigenvalue weighted by Crippen LogP contribution is -1.68. The summed E-state index contributed by atoms with van der Waals surface area (Å²) in [5.74, 6) is 0.752. The van der Waals surface area contributed by atoms with E-state index in [2.05, 4.69) is 39.2 Å². The topological polar surface area (TPSA) is 28.1 Å². The van der Waals surface area contributed by atoms with Crippen molar-refractivity contribution < 1.29 is 0 Å². The molecule has 0 amide bonds. The molecule has 0 aliphatic rings. The average molecular weight is 199 g/mol. The smallest absolute Gasteiger partial charge is 0.137 e. The van der Waals surface area contributed by atoms with Crippen LogP contribution in [0.5, 0.6) is 0 Å². The normalized spacial score (nSPS) is 9.30. The van der Waals surface area contributed by atoms with Crippen LogP contribution in [0.3, 0.4) is 0 Å². The lowest BCUT2D eigenvalue weighted by atomic mass is 10.3. The predicted molar refractivity (Wildman–Crippen MR) is 48.0 cm³/mol. The molecule has 1 aromatic heterocycles. The van der Waals surface area contributed by atoms with Crippen molar-refractivity contribution in [2.24, 2.45) is 4.99 Å². The third-order valence-corrected chi connectivity index (χ3v) is 1.60. The highest BCUT2D eigenvalue weighted by atomic mass is 79.9. The minimum Gasteiger partial charge on any atom is -0.346 e. The molecule has 0 aromatic carbocycles. The predicted octanol–water partition coefficient (Wildman–Crippen LogP) is 2.71. The molecule has 0 atom stereocenters. The van der Waals surface area contributed by atoms with Crippen LogP contribution in [-0.4, -0.2) is 11.7 Å². The van der Waals surface area contributed by atoms with Crippen molar-refractivity contribution in [1.82, 2.24) is 4.98 Å². The van der Waals surface area contributed by atoms with E-state index < -0.39 is 0 Å². The van der Waals surface area contributed by atoms with Crippen molar-refractivity contribution in [3.8, 4) is 0 Å². The van der Waals surface area contributed by atoms with Gasteiger partial charge in [-0.25, -0.2) is 4.99 Å². The van der Waals surface area contributed by atoms with Crippen molar-refractivity contribution >= 4 is 32.9 Å². The van der Waals surface area contributed by atoms with Gasteiger partial charge in [0.05, 0.1) is 0 Å². The summed E-state index contributed by atoms with van der Waals surface area (Å²) in [5.41, 5.74) is 0.954. The lowest BCUT2D eigenvalue weighted by Gasteiger charge is -1.92. The van der Waals surface area contributed by atoms with Crippen LogP contribution in [0.4, 0.5) is 5.82 Å². The van der Waals surface area contributed by atoms with E-state index in [0.29, 0.717) is 0 Å². The van der Waals surface area contributed by atoms with Crippen LogP contribution in [-0.2, 0) is 0 Å². The summed E-state index contributed by atoms with van der Waals surface area (Å²) in [4.78, 5) is 6.67. The molecule has 0 spiro atoms. The summed E-state index contributed by atoms with van der Waals surface area (Å²) in [6.45, 7) is 7.12. The number of nitrogens with zero attached hydrogens (tertiary/aromatic N) is 1. The molecule has 52 valence electrons. The third-order valence-electron chi connectivity index (χ3n) is 1.18. The van der Waals surface area contributed by atoms with Gasteiger partial charge in [-0.2, -0.15) is 0 Å². The molecule has 1 heterocycles. The molecule has 0 aliphatic heterocycles. The first-order chi connectivity index (χ1) is 4.75. The maximum absolute atomic E-state index is 3.76. The Bertz CT molecular complexity index is 262. The Morgan fingerprint density at radius 2 is 2.40 bits per heavy atom. The Labute approximate surface area is 67.8 Å². The molecule has 1 N–H and O–H groups in total. The monoisotopic (exact) mass is 198 g/mol. The van der Waals surface area contributed by atoms with Gasteiger partial charge in [-0.05, 0) is 12.8 Å². The van der Waals surface area contributed by atoms with Crippen LogP contribution in [0, 0.1) is 0 Å². The first-order valence-electron chi connectivity index (χ1n) is 2.74. The molecule has 3 heteroatoms. The van der Waals surface area contributed by atoms with Crippen molar-refractivity contribution in [2.45, 2.75) is 0 Å². The molecular weight excluding hydrogens is 192 g/mol. The van der Waals surface area contributed by atoms with Gasteiger partial charge in [0.1, 0.15) is 5.82 Å². The fourth-order valence-electron chi connectivity index (χ4n) is 0.710. The summed E-state index contributed by atoms with van der Waals surface area (Å²) in [6, 6.07) is 1.89. The van der Waals surface area contributed by atoms with Crippen LogP contribution < -0.4 is 0 Å². The van der Waals surface area contributed by atoms with Crippen LogP contribution in [0.25, 0.3) is 4.48 Å². The van der Waals surface area contributed by atoms with Gasteiger partial charge in [0.2, 0.25) is 0 Å². The number of hydrogen-bond acceptors (Lipinski definition) is 1. The van der Waals surface area contributed by atoms with E-state index in [1.807, 2.05) is 6.07 Å². The number of aliphatic imine (C=N–C) groups is 1. The molecule has 0 saturated heterocycles. The highest BCUT2D eigenvalue weighted by Crippen LogP contribution is 2.26. The van der Waals surface area contributed by atoms with Gasteiger partial charge in [0.25, 0.3) is 0 Å². The number of nitrogens with one attached hydrogen (secondary N) is 1. The number of halogens is 1. The first kappa shape index (κ1) is 7.28. The maximum atomic E-state index is 3.76. The minimum atomic E-state index is 0.752. The second-order valence-electron chi connectivity index (χ2n) is 1.80. The average Bonchev–Trinajstić information content (AvgIpc) is 2.33. The molecule has 10 heavy (non-hydrogen) atoms. The van der Waals surface area contributed by atoms with Gasteiger partial charge < -0.3 is 4.98 Å². The minimum absolute atomic E-state index is 0.752. The summed E-state index contributed by atoms with van der Waals surface area (Å²) < 4.78 is 0.816.